The predicted octanol–water partition coefficient (Wildman–Crippen LogP) is 4.80. The van der Waals surface area contributed by atoms with E-state index in [2.05, 4.69) is 9.72 Å². The highest BCUT2D eigenvalue weighted by molar-refractivity contribution is 6.42. The predicted molar refractivity (Wildman–Crippen MR) is 66.3 cm³/mol. The molecule has 2 aromatic rings. The Labute approximate surface area is 116 Å². The van der Waals surface area contributed by atoms with Crippen LogP contribution in [-0.4, -0.2) is 11.6 Å². The van der Waals surface area contributed by atoms with E-state index < -0.39 is 12.4 Å². The summed E-state index contributed by atoms with van der Waals surface area (Å²) in [6, 6.07) is 5.42. The van der Waals surface area contributed by atoms with E-state index >= 15 is 0 Å². The standard InChI is InChI=1S/C12H6Cl2F3NO/c13-9-2-1-6(3-10(9)14)8-4-7(15)5-18-11(8)19-12(16)17/h1-5,12H. The molecule has 1 aromatic carbocycles. The number of hydrogen-bond acceptors (Lipinski definition) is 2. The zero-order chi connectivity index (χ0) is 14.0. The fraction of sp³-hybridized carbons (Fsp3) is 0.0833. The largest absolute Gasteiger partial charge is 0.416 e. The van der Waals surface area contributed by atoms with Crippen molar-refractivity contribution in [3.8, 4) is 17.0 Å². The van der Waals surface area contributed by atoms with Gasteiger partial charge in [0.1, 0.15) is 5.82 Å². The van der Waals surface area contributed by atoms with Crippen LogP contribution in [-0.2, 0) is 0 Å². The van der Waals surface area contributed by atoms with Gasteiger partial charge in [-0.15, -0.1) is 0 Å². The highest BCUT2D eigenvalue weighted by atomic mass is 35.5. The molecule has 0 spiro atoms. The van der Waals surface area contributed by atoms with Crippen molar-refractivity contribution < 1.29 is 17.9 Å². The average molecular weight is 308 g/mol. The van der Waals surface area contributed by atoms with Crippen LogP contribution in [0.1, 0.15) is 0 Å². The third-order valence-electron chi connectivity index (χ3n) is 2.25. The van der Waals surface area contributed by atoms with Crippen LogP contribution in [0.5, 0.6) is 5.88 Å². The Balaban J connectivity index is 2.52. The number of benzene rings is 1. The van der Waals surface area contributed by atoms with Crippen molar-refractivity contribution in [3.63, 3.8) is 0 Å². The number of rotatable bonds is 3. The second kappa shape index (κ2) is 5.67. The molecule has 19 heavy (non-hydrogen) atoms. The number of nitrogens with zero attached hydrogens (tertiary/aromatic N) is 1. The minimum absolute atomic E-state index is 0.0684. The lowest BCUT2D eigenvalue weighted by molar-refractivity contribution is -0.0524. The second-order valence-corrected chi connectivity index (χ2v) is 4.33. The van der Waals surface area contributed by atoms with Gasteiger partial charge in [-0.1, -0.05) is 29.3 Å². The molecule has 0 aliphatic rings. The summed E-state index contributed by atoms with van der Waals surface area (Å²) in [4.78, 5) is 3.49. The zero-order valence-electron chi connectivity index (χ0n) is 9.21. The van der Waals surface area contributed by atoms with Crippen molar-refractivity contribution in [3.05, 3.63) is 46.3 Å². The van der Waals surface area contributed by atoms with Gasteiger partial charge in [-0.05, 0) is 23.8 Å². The SMILES string of the molecule is Fc1cnc(OC(F)F)c(-c2ccc(Cl)c(Cl)c2)c1. The van der Waals surface area contributed by atoms with Gasteiger partial charge in [0.15, 0.2) is 0 Å². The molecule has 0 radical (unpaired) electrons. The van der Waals surface area contributed by atoms with Crippen LogP contribution < -0.4 is 4.74 Å². The van der Waals surface area contributed by atoms with E-state index in [1.165, 1.54) is 18.2 Å². The molecule has 0 aliphatic heterocycles. The highest BCUT2D eigenvalue weighted by Gasteiger charge is 2.14. The molecule has 1 aromatic heterocycles. The van der Waals surface area contributed by atoms with Crippen LogP contribution in [0.4, 0.5) is 13.2 Å². The number of ether oxygens (including phenoxy) is 1. The molecule has 2 nitrogen and oxygen atoms in total. The van der Waals surface area contributed by atoms with Crippen molar-refractivity contribution in [1.82, 2.24) is 4.98 Å². The average Bonchev–Trinajstić information content (AvgIpc) is 2.34. The lowest BCUT2D eigenvalue weighted by atomic mass is 10.1. The molecular formula is C12H6Cl2F3NO. The zero-order valence-corrected chi connectivity index (χ0v) is 10.7. The van der Waals surface area contributed by atoms with Gasteiger partial charge in [0.25, 0.3) is 0 Å². The van der Waals surface area contributed by atoms with Gasteiger partial charge in [-0.25, -0.2) is 9.37 Å². The summed E-state index contributed by atoms with van der Waals surface area (Å²) in [5, 5.41) is 0.512. The van der Waals surface area contributed by atoms with Crippen molar-refractivity contribution in [2.75, 3.05) is 0 Å². The van der Waals surface area contributed by atoms with Crippen molar-refractivity contribution in [2.24, 2.45) is 0 Å². The summed E-state index contributed by atoms with van der Waals surface area (Å²) in [5.74, 6) is -1.06. The van der Waals surface area contributed by atoms with Gasteiger partial charge in [-0.3, -0.25) is 0 Å². The number of halogens is 5. The van der Waals surface area contributed by atoms with Crippen LogP contribution in [0, 0.1) is 5.82 Å². The van der Waals surface area contributed by atoms with Crippen LogP contribution in [0.15, 0.2) is 30.5 Å². The van der Waals surface area contributed by atoms with Crippen molar-refractivity contribution in [1.29, 1.82) is 0 Å². The van der Waals surface area contributed by atoms with Crippen LogP contribution in [0.2, 0.25) is 10.0 Å². The maximum Gasteiger partial charge on any atom is 0.388 e. The van der Waals surface area contributed by atoms with E-state index in [0.717, 1.165) is 12.3 Å². The summed E-state index contributed by atoms with van der Waals surface area (Å²) in [5.41, 5.74) is 0.441. The molecule has 0 aliphatic carbocycles. The Morgan fingerprint density at radius 1 is 1.11 bits per heavy atom. The molecule has 2 rings (SSSR count). The lowest BCUT2D eigenvalue weighted by Crippen LogP contribution is -2.05. The number of alkyl halides is 2. The Morgan fingerprint density at radius 2 is 1.84 bits per heavy atom. The van der Waals surface area contributed by atoms with E-state index in [9.17, 15) is 13.2 Å². The van der Waals surface area contributed by atoms with Crippen LogP contribution in [0.3, 0.4) is 0 Å². The van der Waals surface area contributed by atoms with Crippen molar-refractivity contribution in [2.45, 2.75) is 6.61 Å². The molecule has 0 atom stereocenters. The first-order valence-electron chi connectivity index (χ1n) is 5.03. The number of hydrogen-bond donors (Lipinski definition) is 0. The number of pyridine rings is 1. The summed E-state index contributed by atoms with van der Waals surface area (Å²) >= 11 is 11.6. The highest BCUT2D eigenvalue weighted by Crippen LogP contribution is 2.33. The second-order valence-electron chi connectivity index (χ2n) is 3.51. The first-order valence-corrected chi connectivity index (χ1v) is 5.79. The number of aromatic nitrogens is 1. The summed E-state index contributed by atoms with van der Waals surface area (Å²) in [6.07, 6.45) is 0.790. The van der Waals surface area contributed by atoms with Gasteiger partial charge in [0.2, 0.25) is 5.88 Å². The van der Waals surface area contributed by atoms with E-state index in [1.54, 1.807) is 0 Å². The van der Waals surface area contributed by atoms with Crippen LogP contribution in [0.25, 0.3) is 11.1 Å². The molecule has 0 N–H and O–H groups in total. The Kier molecular flexibility index (Phi) is 4.17. The smallest absolute Gasteiger partial charge is 0.388 e. The molecule has 0 fully saturated rings. The minimum Gasteiger partial charge on any atom is -0.416 e. The minimum atomic E-state index is -3.06. The van der Waals surface area contributed by atoms with E-state index in [4.69, 9.17) is 23.2 Å². The van der Waals surface area contributed by atoms with Crippen molar-refractivity contribution >= 4 is 23.2 Å². The molecule has 1 heterocycles. The lowest BCUT2D eigenvalue weighted by Gasteiger charge is -2.10. The first-order chi connectivity index (χ1) is 8.97. The molecule has 0 saturated heterocycles. The fourth-order valence-corrected chi connectivity index (χ4v) is 1.77. The topological polar surface area (TPSA) is 22.1 Å². The van der Waals surface area contributed by atoms with E-state index in [-0.39, 0.29) is 16.5 Å². The maximum atomic E-state index is 13.2. The van der Waals surface area contributed by atoms with Gasteiger partial charge >= 0.3 is 6.61 Å². The van der Waals surface area contributed by atoms with Gasteiger partial charge in [0, 0.05) is 5.56 Å². The van der Waals surface area contributed by atoms with E-state index in [0.29, 0.717) is 10.6 Å². The molecule has 100 valence electrons. The molecule has 7 heteroatoms. The quantitative estimate of drug-likeness (QED) is 0.813. The monoisotopic (exact) mass is 307 g/mol. The van der Waals surface area contributed by atoms with Crippen LogP contribution >= 0.6 is 23.2 Å². The van der Waals surface area contributed by atoms with E-state index in [1.807, 2.05) is 0 Å². The third kappa shape index (κ3) is 3.30. The molecule has 0 saturated carbocycles. The Bertz CT molecular complexity index is 608. The van der Waals surface area contributed by atoms with Gasteiger partial charge < -0.3 is 4.74 Å². The first kappa shape index (κ1) is 14.0. The molecule has 0 amide bonds. The summed E-state index contributed by atoms with van der Waals surface area (Å²) in [7, 11) is 0. The Morgan fingerprint density at radius 3 is 2.47 bits per heavy atom. The maximum absolute atomic E-state index is 13.2. The molecular weight excluding hydrogens is 302 g/mol. The molecule has 0 unspecified atom stereocenters. The fourth-order valence-electron chi connectivity index (χ4n) is 1.48. The third-order valence-corrected chi connectivity index (χ3v) is 2.99. The van der Waals surface area contributed by atoms with Gasteiger partial charge in [-0.2, -0.15) is 8.78 Å². The Hall–Kier alpha value is -1.46. The van der Waals surface area contributed by atoms with Gasteiger partial charge in [0.05, 0.1) is 16.2 Å². The summed E-state index contributed by atoms with van der Waals surface area (Å²) < 4.78 is 41.9. The normalized spacial score (nSPS) is 10.8. The summed E-state index contributed by atoms with van der Waals surface area (Å²) in [6.45, 7) is -3.06. The molecule has 0 bridgehead atoms.